The zero-order chi connectivity index (χ0) is 16.8. The third-order valence-electron chi connectivity index (χ3n) is 3.75. The number of nitrogens with zero attached hydrogens (tertiary/aromatic N) is 1. The number of rotatable bonds is 7. The van der Waals surface area contributed by atoms with Crippen LogP contribution >= 0.6 is 0 Å². The maximum atomic E-state index is 5.40. The molecule has 5 nitrogen and oxygen atoms in total. The van der Waals surface area contributed by atoms with Crippen LogP contribution in [0.3, 0.4) is 0 Å². The Kier molecular flexibility index (Phi) is 5.82. The fraction of sp³-hybridized carbons (Fsp3) is 0.389. The number of pyridine rings is 1. The van der Waals surface area contributed by atoms with Gasteiger partial charge in [0.25, 0.3) is 0 Å². The number of methoxy groups -OCH3 is 3. The lowest BCUT2D eigenvalue weighted by atomic mass is 10.1. The number of hydrogen-bond donors (Lipinski definition) is 1. The molecule has 0 amide bonds. The molecule has 1 N–H and O–H groups in total. The predicted octanol–water partition coefficient (Wildman–Crippen LogP) is 3.27. The second kappa shape index (κ2) is 7.83. The Morgan fingerprint density at radius 1 is 1.04 bits per heavy atom. The SMILES string of the molecule is COc1cc([C@H](C)NCc2ccc(C)cn2)cc(OC)c1OC. The molecule has 1 aromatic heterocycles. The van der Waals surface area contributed by atoms with Crippen molar-refractivity contribution in [2.45, 2.75) is 26.4 Å². The van der Waals surface area contributed by atoms with Gasteiger partial charge in [-0.15, -0.1) is 0 Å². The van der Waals surface area contributed by atoms with E-state index in [1.165, 1.54) is 0 Å². The summed E-state index contributed by atoms with van der Waals surface area (Å²) in [6.45, 7) is 4.82. The summed E-state index contributed by atoms with van der Waals surface area (Å²) in [5.74, 6) is 1.92. The molecular weight excluding hydrogens is 292 g/mol. The molecule has 0 bridgehead atoms. The molecule has 0 saturated carbocycles. The van der Waals surface area contributed by atoms with E-state index >= 15 is 0 Å². The fourth-order valence-corrected chi connectivity index (χ4v) is 2.33. The molecule has 2 rings (SSSR count). The molecule has 0 aliphatic carbocycles. The maximum absolute atomic E-state index is 5.40. The van der Waals surface area contributed by atoms with E-state index in [0.717, 1.165) is 16.8 Å². The zero-order valence-corrected chi connectivity index (χ0v) is 14.3. The van der Waals surface area contributed by atoms with Gasteiger partial charge in [-0.2, -0.15) is 0 Å². The van der Waals surface area contributed by atoms with Crippen molar-refractivity contribution in [3.63, 3.8) is 0 Å². The van der Waals surface area contributed by atoms with E-state index in [9.17, 15) is 0 Å². The zero-order valence-electron chi connectivity index (χ0n) is 14.3. The molecular formula is C18H24N2O3. The Morgan fingerprint density at radius 2 is 1.70 bits per heavy atom. The van der Waals surface area contributed by atoms with Gasteiger partial charge in [0.15, 0.2) is 11.5 Å². The number of ether oxygens (including phenoxy) is 3. The van der Waals surface area contributed by atoms with Crippen LogP contribution < -0.4 is 19.5 Å². The van der Waals surface area contributed by atoms with Crippen LogP contribution in [-0.4, -0.2) is 26.3 Å². The summed E-state index contributed by atoms with van der Waals surface area (Å²) in [6, 6.07) is 8.13. The van der Waals surface area contributed by atoms with Crippen molar-refractivity contribution in [3.8, 4) is 17.2 Å². The van der Waals surface area contributed by atoms with Crippen molar-refractivity contribution in [2.24, 2.45) is 0 Å². The van der Waals surface area contributed by atoms with Crippen LogP contribution in [0.5, 0.6) is 17.2 Å². The number of aromatic nitrogens is 1. The van der Waals surface area contributed by atoms with Crippen molar-refractivity contribution >= 4 is 0 Å². The summed E-state index contributed by atoms with van der Waals surface area (Å²) in [5, 5.41) is 3.46. The van der Waals surface area contributed by atoms with Crippen LogP contribution in [0.15, 0.2) is 30.5 Å². The molecule has 23 heavy (non-hydrogen) atoms. The fourth-order valence-electron chi connectivity index (χ4n) is 2.33. The van der Waals surface area contributed by atoms with Crippen molar-refractivity contribution in [1.82, 2.24) is 10.3 Å². The highest BCUT2D eigenvalue weighted by molar-refractivity contribution is 5.54. The van der Waals surface area contributed by atoms with E-state index in [1.807, 2.05) is 31.3 Å². The van der Waals surface area contributed by atoms with Gasteiger partial charge < -0.3 is 19.5 Å². The first-order valence-corrected chi connectivity index (χ1v) is 7.53. The average molecular weight is 316 g/mol. The van der Waals surface area contributed by atoms with Gasteiger partial charge in [-0.05, 0) is 43.2 Å². The van der Waals surface area contributed by atoms with Crippen LogP contribution in [0.2, 0.25) is 0 Å². The van der Waals surface area contributed by atoms with E-state index < -0.39 is 0 Å². The van der Waals surface area contributed by atoms with Crippen LogP contribution in [0, 0.1) is 6.92 Å². The first-order chi connectivity index (χ1) is 11.1. The second-order valence-electron chi connectivity index (χ2n) is 5.39. The van der Waals surface area contributed by atoms with E-state index in [0.29, 0.717) is 23.8 Å². The monoisotopic (exact) mass is 316 g/mol. The summed E-state index contributed by atoms with van der Waals surface area (Å²) < 4.78 is 16.2. The lowest BCUT2D eigenvalue weighted by Gasteiger charge is -2.18. The standard InChI is InChI=1S/C18H24N2O3/c1-12-6-7-15(20-10-12)11-19-13(2)14-8-16(21-3)18(23-5)17(9-14)22-4/h6-10,13,19H,11H2,1-5H3/t13-/m0/s1. The molecule has 5 heteroatoms. The van der Waals surface area contributed by atoms with Crippen molar-refractivity contribution < 1.29 is 14.2 Å². The average Bonchev–Trinajstić information content (AvgIpc) is 2.59. The number of nitrogens with one attached hydrogen (secondary N) is 1. The Labute approximate surface area is 137 Å². The van der Waals surface area contributed by atoms with Crippen LogP contribution in [-0.2, 0) is 6.54 Å². The maximum Gasteiger partial charge on any atom is 0.203 e. The molecule has 0 fully saturated rings. The van der Waals surface area contributed by atoms with Crippen molar-refractivity contribution in [3.05, 3.63) is 47.3 Å². The summed E-state index contributed by atoms with van der Waals surface area (Å²) >= 11 is 0. The Bertz CT molecular complexity index is 616. The topological polar surface area (TPSA) is 52.6 Å². The van der Waals surface area contributed by atoms with Gasteiger partial charge >= 0.3 is 0 Å². The van der Waals surface area contributed by atoms with Gasteiger partial charge in [-0.25, -0.2) is 0 Å². The van der Waals surface area contributed by atoms with E-state index in [2.05, 4.69) is 23.3 Å². The molecule has 1 atom stereocenters. The molecule has 1 aromatic carbocycles. The van der Waals surface area contributed by atoms with Gasteiger partial charge in [-0.3, -0.25) is 4.98 Å². The van der Waals surface area contributed by atoms with E-state index in [-0.39, 0.29) is 6.04 Å². The minimum Gasteiger partial charge on any atom is -0.493 e. The quantitative estimate of drug-likeness (QED) is 0.849. The van der Waals surface area contributed by atoms with E-state index in [4.69, 9.17) is 14.2 Å². The third-order valence-corrected chi connectivity index (χ3v) is 3.75. The lowest BCUT2D eigenvalue weighted by Crippen LogP contribution is -2.19. The summed E-state index contributed by atoms with van der Waals surface area (Å²) in [5.41, 5.74) is 3.23. The normalized spacial score (nSPS) is 11.9. The number of hydrogen-bond acceptors (Lipinski definition) is 5. The lowest BCUT2D eigenvalue weighted by molar-refractivity contribution is 0.323. The number of benzene rings is 1. The molecule has 124 valence electrons. The minimum atomic E-state index is 0.117. The summed E-state index contributed by atoms with van der Waals surface area (Å²) in [7, 11) is 4.84. The highest BCUT2D eigenvalue weighted by Gasteiger charge is 2.16. The Hall–Kier alpha value is -2.27. The molecule has 1 heterocycles. The Morgan fingerprint density at radius 3 is 2.17 bits per heavy atom. The first kappa shape index (κ1) is 17.1. The molecule has 0 spiro atoms. The smallest absolute Gasteiger partial charge is 0.203 e. The third kappa shape index (κ3) is 4.13. The first-order valence-electron chi connectivity index (χ1n) is 7.53. The molecule has 0 saturated heterocycles. The van der Waals surface area contributed by atoms with Crippen molar-refractivity contribution in [2.75, 3.05) is 21.3 Å². The Balaban J connectivity index is 2.15. The van der Waals surface area contributed by atoms with Crippen LogP contribution in [0.4, 0.5) is 0 Å². The second-order valence-corrected chi connectivity index (χ2v) is 5.39. The molecule has 0 radical (unpaired) electrons. The highest BCUT2D eigenvalue weighted by Crippen LogP contribution is 2.39. The van der Waals surface area contributed by atoms with Crippen LogP contribution in [0.25, 0.3) is 0 Å². The minimum absolute atomic E-state index is 0.117. The van der Waals surface area contributed by atoms with Crippen LogP contribution in [0.1, 0.15) is 29.8 Å². The largest absolute Gasteiger partial charge is 0.493 e. The highest BCUT2D eigenvalue weighted by atomic mass is 16.5. The molecule has 0 aliphatic rings. The molecule has 0 aliphatic heterocycles. The molecule has 2 aromatic rings. The predicted molar refractivity (Wildman–Crippen MR) is 90.3 cm³/mol. The number of aryl methyl sites for hydroxylation is 1. The van der Waals surface area contributed by atoms with Gasteiger partial charge in [0.05, 0.1) is 27.0 Å². The van der Waals surface area contributed by atoms with Gasteiger partial charge in [0.2, 0.25) is 5.75 Å². The van der Waals surface area contributed by atoms with Gasteiger partial charge in [0, 0.05) is 18.8 Å². The summed E-state index contributed by atoms with van der Waals surface area (Å²) in [4.78, 5) is 4.41. The van der Waals surface area contributed by atoms with Gasteiger partial charge in [-0.1, -0.05) is 6.07 Å². The van der Waals surface area contributed by atoms with Gasteiger partial charge in [0.1, 0.15) is 0 Å². The summed E-state index contributed by atoms with van der Waals surface area (Å²) in [6.07, 6.45) is 1.88. The molecule has 0 unspecified atom stereocenters. The van der Waals surface area contributed by atoms with E-state index in [1.54, 1.807) is 21.3 Å². The van der Waals surface area contributed by atoms with Crippen molar-refractivity contribution in [1.29, 1.82) is 0 Å².